The van der Waals surface area contributed by atoms with Crippen molar-refractivity contribution in [2.75, 3.05) is 6.54 Å². The zero-order valence-corrected chi connectivity index (χ0v) is 13.3. The molecule has 25 heavy (non-hydrogen) atoms. The number of aromatic hydroxyl groups is 1. The number of hydrogen-bond donors (Lipinski definition) is 4. The first-order chi connectivity index (χ1) is 12.0. The van der Waals surface area contributed by atoms with Crippen LogP contribution in [0.4, 0.5) is 0 Å². The van der Waals surface area contributed by atoms with E-state index in [1.165, 1.54) is 24.5 Å². The Balaban J connectivity index is 1.80. The van der Waals surface area contributed by atoms with E-state index in [0.717, 1.165) is 0 Å². The zero-order chi connectivity index (χ0) is 18.2. The van der Waals surface area contributed by atoms with Gasteiger partial charge in [0.15, 0.2) is 5.76 Å². The Kier molecular flexibility index (Phi) is 6.16. The highest BCUT2D eigenvalue weighted by Gasteiger charge is 2.20. The van der Waals surface area contributed by atoms with Gasteiger partial charge in [-0.2, -0.15) is 0 Å². The first-order valence-corrected chi connectivity index (χ1v) is 7.57. The first-order valence-electron chi connectivity index (χ1n) is 7.57. The summed E-state index contributed by atoms with van der Waals surface area (Å²) in [4.78, 5) is 34.8. The number of phenolic OH excluding ortho intramolecular Hbond substituents is 1. The van der Waals surface area contributed by atoms with Crippen molar-refractivity contribution in [1.82, 2.24) is 10.6 Å². The average Bonchev–Trinajstić information content (AvgIpc) is 3.10. The van der Waals surface area contributed by atoms with E-state index < -0.39 is 23.8 Å². The van der Waals surface area contributed by atoms with Crippen LogP contribution in [-0.4, -0.2) is 40.6 Å². The standard InChI is InChI=1S/C17H18N2O6/c20-12-5-3-11(4-6-12)10-13(17(23)24)19-15(21)7-8-18-16(22)14-2-1-9-25-14/h1-6,9,13,20H,7-8,10H2,(H,18,22)(H,19,21)(H,23,24). The number of carbonyl (C=O) groups is 3. The number of amides is 2. The number of carbonyl (C=O) groups excluding carboxylic acids is 2. The second-order valence-electron chi connectivity index (χ2n) is 5.31. The van der Waals surface area contributed by atoms with Gasteiger partial charge < -0.3 is 25.3 Å². The number of benzene rings is 1. The summed E-state index contributed by atoms with van der Waals surface area (Å²) in [7, 11) is 0. The fraction of sp³-hybridized carbons (Fsp3) is 0.235. The number of phenols is 1. The van der Waals surface area contributed by atoms with Gasteiger partial charge in [-0.05, 0) is 29.8 Å². The molecule has 0 aliphatic carbocycles. The second kappa shape index (κ2) is 8.53. The molecular formula is C17H18N2O6. The summed E-state index contributed by atoms with van der Waals surface area (Å²) in [6.45, 7) is 0.0525. The van der Waals surface area contributed by atoms with Crippen LogP contribution in [0.1, 0.15) is 22.5 Å². The second-order valence-corrected chi connectivity index (χ2v) is 5.31. The molecule has 1 aromatic heterocycles. The van der Waals surface area contributed by atoms with Crippen molar-refractivity contribution >= 4 is 17.8 Å². The number of rotatable bonds is 8. The largest absolute Gasteiger partial charge is 0.508 e. The maximum absolute atomic E-state index is 11.9. The van der Waals surface area contributed by atoms with E-state index in [1.54, 1.807) is 18.2 Å². The summed E-state index contributed by atoms with van der Waals surface area (Å²) in [6.07, 6.45) is 1.38. The fourth-order valence-corrected chi connectivity index (χ4v) is 2.12. The van der Waals surface area contributed by atoms with Gasteiger partial charge in [0.2, 0.25) is 5.91 Å². The molecule has 132 valence electrons. The maximum Gasteiger partial charge on any atom is 0.326 e. The van der Waals surface area contributed by atoms with Gasteiger partial charge >= 0.3 is 5.97 Å². The smallest absolute Gasteiger partial charge is 0.326 e. The molecular weight excluding hydrogens is 328 g/mol. The molecule has 0 radical (unpaired) electrons. The van der Waals surface area contributed by atoms with Crippen LogP contribution in [0.15, 0.2) is 47.1 Å². The quantitative estimate of drug-likeness (QED) is 0.562. The fourth-order valence-electron chi connectivity index (χ4n) is 2.12. The predicted octanol–water partition coefficient (Wildman–Crippen LogP) is 0.917. The number of hydrogen-bond acceptors (Lipinski definition) is 5. The summed E-state index contributed by atoms with van der Waals surface area (Å²) in [6, 6.07) is 8.02. The van der Waals surface area contributed by atoms with Crippen LogP contribution in [0.3, 0.4) is 0 Å². The number of furan rings is 1. The normalized spacial score (nSPS) is 11.5. The summed E-state index contributed by atoms with van der Waals surface area (Å²) < 4.78 is 4.92. The monoisotopic (exact) mass is 346 g/mol. The van der Waals surface area contributed by atoms with Gasteiger partial charge in [-0.15, -0.1) is 0 Å². The summed E-state index contributed by atoms with van der Waals surface area (Å²) in [5, 5.41) is 23.4. The van der Waals surface area contributed by atoms with E-state index in [2.05, 4.69) is 10.6 Å². The van der Waals surface area contributed by atoms with Crippen molar-refractivity contribution in [2.45, 2.75) is 18.9 Å². The highest BCUT2D eigenvalue weighted by molar-refractivity contribution is 5.91. The molecule has 0 saturated heterocycles. The van der Waals surface area contributed by atoms with Crippen LogP contribution in [0.2, 0.25) is 0 Å². The Labute approximate surface area is 143 Å². The molecule has 0 fully saturated rings. The van der Waals surface area contributed by atoms with Gasteiger partial charge in [0, 0.05) is 19.4 Å². The lowest BCUT2D eigenvalue weighted by atomic mass is 10.1. The van der Waals surface area contributed by atoms with Crippen LogP contribution in [-0.2, 0) is 16.0 Å². The molecule has 2 amide bonds. The lowest BCUT2D eigenvalue weighted by molar-refractivity contribution is -0.141. The van der Waals surface area contributed by atoms with E-state index in [-0.39, 0.29) is 30.9 Å². The molecule has 4 N–H and O–H groups in total. The topological polar surface area (TPSA) is 129 Å². The predicted molar refractivity (Wildman–Crippen MR) is 87.0 cm³/mol. The lowest BCUT2D eigenvalue weighted by Gasteiger charge is -2.15. The van der Waals surface area contributed by atoms with Crippen molar-refractivity contribution in [2.24, 2.45) is 0 Å². The number of carboxylic acid groups (broad SMARTS) is 1. The average molecular weight is 346 g/mol. The van der Waals surface area contributed by atoms with E-state index >= 15 is 0 Å². The summed E-state index contributed by atoms with van der Waals surface area (Å²) in [5.74, 6) is -1.90. The highest BCUT2D eigenvalue weighted by Crippen LogP contribution is 2.11. The molecule has 0 spiro atoms. The number of carboxylic acids is 1. The molecule has 0 saturated carbocycles. The van der Waals surface area contributed by atoms with E-state index in [1.807, 2.05) is 0 Å². The molecule has 1 unspecified atom stereocenters. The number of aliphatic carboxylic acids is 1. The lowest BCUT2D eigenvalue weighted by Crippen LogP contribution is -2.43. The van der Waals surface area contributed by atoms with Crippen molar-refractivity contribution in [3.05, 3.63) is 54.0 Å². The van der Waals surface area contributed by atoms with Crippen LogP contribution in [0.5, 0.6) is 5.75 Å². The molecule has 8 heteroatoms. The van der Waals surface area contributed by atoms with E-state index in [0.29, 0.717) is 5.56 Å². The van der Waals surface area contributed by atoms with Crippen molar-refractivity contribution < 1.29 is 29.0 Å². The minimum atomic E-state index is -1.17. The zero-order valence-electron chi connectivity index (χ0n) is 13.3. The minimum absolute atomic E-state index is 0.0525. The highest BCUT2D eigenvalue weighted by atomic mass is 16.4. The molecule has 8 nitrogen and oxygen atoms in total. The van der Waals surface area contributed by atoms with Crippen LogP contribution < -0.4 is 10.6 Å². The molecule has 1 aromatic carbocycles. The Morgan fingerprint density at radius 1 is 1.12 bits per heavy atom. The number of nitrogens with one attached hydrogen (secondary N) is 2. The minimum Gasteiger partial charge on any atom is -0.508 e. The molecule has 0 bridgehead atoms. The molecule has 1 atom stereocenters. The van der Waals surface area contributed by atoms with Crippen LogP contribution in [0.25, 0.3) is 0 Å². The third kappa shape index (κ3) is 5.69. The van der Waals surface area contributed by atoms with Crippen LogP contribution in [0, 0.1) is 0 Å². The maximum atomic E-state index is 11.9. The van der Waals surface area contributed by atoms with Crippen LogP contribution >= 0.6 is 0 Å². The van der Waals surface area contributed by atoms with E-state index in [4.69, 9.17) is 4.42 Å². The molecule has 2 aromatic rings. The van der Waals surface area contributed by atoms with Crippen molar-refractivity contribution in [1.29, 1.82) is 0 Å². The third-order valence-corrected chi connectivity index (χ3v) is 3.39. The molecule has 2 rings (SSSR count). The van der Waals surface area contributed by atoms with Gasteiger partial charge in [0.05, 0.1) is 6.26 Å². The van der Waals surface area contributed by atoms with Gasteiger partial charge in [-0.25, -0.2) is 4.79 Å². The Hall–Kier alpha value is -3.29. The van der Waals surface area contributed by atoms with E-state index in [9.17, 15) is 24.6 Å². The van der Waals surface area contributed by atoms with Gasteiger partial charge in [-0.1, -0.05) is 12.1 Å². The Morgan fingerprint density at radius 3 is 2.44 bits per heavy atom. The Bertz CT molecular complexity index is 724. The van der Waals surface area contributed by atoms with Gasteiger partial charge in [0.1, 0.15) is 11.8 Å². The first kappa shape index (κ1) is 18.1. The summed E-state index contributed by atoms with van der Waals surface area (Å²) in [5.41, 5.74) is 0.664. The van der Waals surface area contributed by atoms with Gasteiger partial charge in [-0.3, -0.25) is 9.59 Å². The van der Waals surface area contributed by atoms with Gasteiger partial charge in [0.25, 0.3) is 5.91 Å². The SMILES string of the molecule is O=C(CCNC(=O)c1ccco1)NC(Cc1ccc(O)cc1)C(=O)O. The van der Waals surface area contributed by atoms with Crippen molar-refractivity contribution in [3.8, 4) is 5.75 Å². The summed E-state index contributed by atoms with van der Waals surface area (Å²) >= 11 is 0. The molecule has 1 heterocycles. The Morgan fingerprint density at radius 2 is 1.84 bits per heavy atom. The molecule has 0 aliphatic heterocycles. The third-order valence-electron chi connectivity index (χ3n) is 3.39. The van der Waals surface area contributed by atoms with Crippen molar-refractivity contribution in [3.63, 3.8) is 0 Å². The molecule has 0 aliphatic rings.